The first-order valence-electron chi connectivity index (χ1n) is 5.64. The average Bonchev–Trinajstić information content (AvgIpc) is 2.34. The van der Waals surface area contributed by atoms with Gasteiger partial charge in [0.2, 0.25) is 0 Å². The number of aliphatic imine (C=N–C) groups is 1. The molecule has 100 valence electrons. The van der Waals surface area contributed by atoms with Crippen LogP contribution < -0.4 is 5.73 Å². The van der Waals surface area contributed by atoms with Gasteiger partial charge in [0.1, 0.15) is 5.70 Å². The predicted octanol–water partition coefficient (Wildman–Crippen LogP) is 0.635. The minimum absolute atomic E-state index is 0.0189. The van der Waals surface area contributed by atoms with E-state index in [9.17, 15) is 9.90 Å². The van der Waals surface area contributed by atoms with E-state index < -0.39 is 5.97 Å². The molecule has 0 aromatic rings. The zero-order valence-corrected chi connectivity index (χ0v) is 10.5. The zero-order valence-electron chi connectivity index (χ0n) is 10.5. The van der Waals surface area contributed by atoms with Crippen molar-refractivity contribution >= 4 is 11.7 Å². The fraction of sp³-hybridized carbons (Fsp3) is 0.500. The number of hydrogen-bond donors (Lipinski definition) is 3. The largest absolute Gasteiger partial charge is 0.493 e. The summed E-state index contributed by atoms with van der Waals surface area (Å²) in [5, 5.41) is 18.1. The van der Waals surface area contributed by atoms with Crippen LogP contribution in [0.2, 0.25) is 0 Å². The van der Waals surface area contributed by atoms with Crippen molar-refractivity contribution in [2.24, 2.45) is 16.6 Å². The summed E-state index contributed by atoms with van der Waals surface area (Å²) in [5.41, 5.74) is 6.73. The second-order valence-electron chi connectivity index (χ2n) is 4.05. The van der Waals surface area contributed by atoms with Gasteiger partial charge in [-0.25, -0.2) is 9.79 Å². The van der Waals surface area contributed by atoms with Crippen molar-refractivity contribution in [3.63, 3.8) is 0 Å². The van der Waals surface area contributed by atoms with Crippen molar-refractivity contribution < 1.29 is 19.7 Å². The van der Waals surface area contributed by atoms with E-state index in [2.05, 4.69) is 4.99 Å². The second-order valence-corrected chi connectivity index (χ2v) is 4.05. The number of carboxylic acids is 1. The number of allylic oxidation sites excluding steroid dienone is 3. The summed E-state index contributed by atoms with van der Waals surface area (Å²) in [4.78, 5) is 15.0. The number of ether oxygens (including phenoxy) is 1. The van der Waals surface area contributed by atoms with Gasteiger partial charge in [0.25, 0.3) is 0 Å². The highest BCUT2D eigenvalue weighted by Crippen LogP contribution is 2.26. The number of methoxy groups -OCH3 is 1. The Labute approximate surface area is 105 Å². The van der Waals surface area contributed by atoms with Gasteiger partial charge in [0.15, 0.2) is 5.76 Å². The van der Waals surface area contributed by atoms with Crippen LogP contribution >= 0.6 is 0 Å². The van der Waals surface area contributed by atoms with Gasteiger partial charge in [-0.3, -0.25) is 0 Å². The normalized spacial score (nSPS) is 23.4. The number of carboxylic acid groups (broad SMARTS) is 1. The number of aliphatic hydroxyl groups excluding tert-OH is 1. The standard InChI is InChI=1S/C12H18N2O4/c1-3-9(12(16)17)14-10-5-7(6-15)4-8(13)11(10)18-2/h3,7,15H,4-6,13H2,1-2H3,(H,16,17)/b9-3-,14-10+. The summed E-state index contributed by atoms with van der Waals surface area (Å²) >= 11 is 0. The SMILES string of the molecule is C/C=C(\N=C1/CC(CO)CC(N)=C1OC)C(=O)O. The molecule has 0 fully saturated rings. The van der Waals surface area contributed by atoms with E-state index in [0.29, 0.717) is 30.0 Å². The monoisotopic (exact) mass is 254 g/mol. The molecule has 1 rings (SSSR count). The fourth-order valence-electron chi connectivity index (χ4n) is 1.88. The third kappa shape index (κ3) is 3.10. The van der Waals surface area contributed by atoms with Crippen LogP contribution in [0.3, 0.4) is 0 Å². The Morgan fingerprint density at radius 3 is 2.72 bits per heavy atom. The van der Waals surface area contributed by atoms with Gasteiger partial charge >= 0.3 is 5.97 Å². The molecule has 0 radical (unpaired) electrons. The van der Waals surface area contributed by atoms with Gasteiger partial charge in [0.05, 0.1) is 18.5 Å². The van der Waals surface area contributed by atoms with Crippen LogP contribution in [0.25, 0.3) is 0 Å². The van der Waals surface area contributed by atoms with Crippen molar-refractivity contribution in [3.8, 4) is 0 Å². The third-order valence-corrected chi connectivity index (χ3v) is 2.75. The maximum absolute atomic E-state index is 10.9. The van der Waals surface area contributed by atoms with E-state index in [1.165, 1.54) is 13.2 Å². The molecule has 0 spiro atoms. The van der Waals surface area contributed by atoms with Crippen molar-refractivity contribution in [3.05, 3.63) is 23.2 Å². The number of aliphatic hydroxyl groups is 1. The Hall–Kier alpha value is -1.82. The topological polar surface area (TPSA) is 105 Å². The quantitative estimate of drug-likeness (QED) is 0.638. The lowest BCUT2D eigenvalue weighted by atomic mass is 9.90. The molecule has 0 saturated carbocycles. The van der Waals surface area contributed by atoms with E-state index >= 15 is 0 Å². The Morgan fingerprint density at radius 2 is 2.28 bits per heavy atom. The minimum atomic E-state index is -1.11. The molecule has 0 aromatic carbocycles. The van der Waals surface area contributed by atoms with Crippen LogP contribution in [0.15, 0.2) is 28.2 Å². The Morgan fingerprint density at radius 1 is 1.61 bits per heavy atom. The van der Waals surface area contributed by atoms with Crippen molar-refractivity contribution in [2.45, 2.75) is 19.8 Å². The van der Waals surface area contributed by atoms with Crippen molar-refractivity contribution in [1.82, 2.24) is 0 Å². The lowest BCUT2D eigenvalue weighted by Crippen LogP contribution is -2.26. The van der Waals surface area contributed by atoms with Crippen molar-refractivity contribution in [2.75, 3.05) is 13.7 Å². The number of nitrogens with zero attached hydrogens (tertiary/aromatic N) is 1. The van der Waals surface area contributed by atoms with Gasteiger partial charge in [-0.05, 0) is 25.7 Å². The van der Waals surface area contributed by atoms with Gasteiger partial charge < -0.3 is 20.7 Å². The number of rotatable bonds is 4. The summed E-state index contributed by atoms with van der Waals surface area (Å²) in [6, 6.07) is 0. The smallest absolute Gasteiger partial charge is 0.354 e. The molecular formula is C12H18N2O4. The highest BCUT2D eigenvalue weighted by atomic mass is 16.5. The molecule has 0 aliphatic heterocycles. The van der Waals surface area contributed by atoms with E-state index in [-0.39, 0.29) is 18.2 Å². The molecule has 6 nitrogen and oxygen atoms in total. The maximum Gasteiger partial charge on any atom is 0.354 e. The van der Waals surface area contributed by atoms with E-state index in [0.717, 1.165) is 0 Å². The predicted molar refractivity (Wildman–Crippen MR) is 66.9 cm³/mol. The van der Waals surface area contributed by atoms with Crippen LogP contribution in [0.5, 0.6) is 0 Å². The first kappa shape index (κ1) is 14.2. The Balaban J connectivity index is 3.14. The third-order valence-electron chi connectivity index (χ3n) is 2.75. The lowest BCUT2D eigenvalue weighted by molar-refractivity contribution is -0.132. The summed E-state index contributed by atoms with van der Waals surface area (Å²) in [5.74, 6) is -0.736. The molecule has 0 aromatic heterocycles. The molecule has 1 unspecified atom stereocenters. The Kier molecular flexibility index (Phi) is 4.91. The first-order valence-corrected chi connectivity index (χ1v) is 5.64. The molecule has 0 amide bonds. The maximum atomic E-state index is 10.9. The molecular weight excluding hydrogens is 236 g/mol. The average molecular weight is 254 g/mol. The van der Waals surface area contributed by atoms with Gasteiger partial charge in [0, 0.05) is 6.61 Å². The molecule has 1 atom stereocenters. The summed E-state index contributed by atoms with van der Waals surface area (Å²) in [6.45, 7) is 1.58. The lowest BCUT2D eigenvalue weighted by Gasteiger charge is -2.24. The fourth-order valence-corrected chi connectivity index (χ4v) is 1.88. The highest BCUT2D eigenvalue weighted by Gasteiger charge is 2.26. The van der Waals surface area contributed by atoms with E-state index in [1.54, 1.807) is 6.92 Å². The van der Waals surface area contributed by atoms with Crippen LogP contribution in [0.4, 0.5) is 0 Å². The van der Waals surface area contributed by atoms with Crippen molar-refractivity contribution in [1.29, 1.82) is 0 Å². The molecule has 18 heavy (non-hydrogen) atoms. The van der Waals surface area contributed by atoms with Gasteiger partial charge in [-0.1, -0.05) is 6.08 Å². The molecule has 0 heterocycles. The van der Waals surface area contributed by atoms with E-state index in [1.807, 2.05) is 0 Å². The molecule has 0 saturated heterocycles. The van der Waals surface area contributed by atoms with E-state index in [4.69, 9.17) is 15.6 Å². The molecule has 6 heteroatoms. The van der Waals surface area contributed by atoms with Crippen LogP contribution in [0.1, 0.15) is 19.8 Å². The summed E-state index contributed by atoms with van der Waals surface area (Å²) in [6.07, 6.45) is 2.38. The first-order chi connectivity index (χ1) is 8.53. The second kappa shape index (κ2) is 6.20. The summed E-state index contributed by atoms with van der Waals surface area (Å²) < 4.78 is 5.16. The number of aliphatic carboxylic acids is 1. The molecule has 1 aliphatic rings. The van der Waals surface area contributed by atoms with Crippen LogP contribution in [-0.4, -0.2) is 35.6 Å². The summed E-state index contributed by atoms with van der Waals surface area (Å²) in [7, 11) is 1.47. The van der Waals surface area contributed by atoms with Crippen LogP contribution in [0, 0.1) is 5.92 Å². The molecule has 1 aliphatic carbocycles. The number of nitrogens with two attached hydrogens (primary N) is 1. The zero-order chi connectivity index (χ0) is 13.7. The number of hydrogen-bond acceptors (Lipinski definition) is 5. The van der Waals surface area contributed by atoms with Crippen LogP contribution in [-0.2, 0) is 9.53 Å². The molecule has 0 bridgehead atoms. The molecule has 4 N–H and O–H groups in total. The highest BCUT2D eigenvalue weighted by molar-refractivity contribution is 6.03. The van der Waals surface area contributed by atoms with Gasteiger partial charge in [-0.15, -0.1) is 0 Å². The minimum Gasteiger partial charge on any atom is -0.493 e. The Bertz CT molecular complexity index is 424. The van der Waals surface area contributed by atoms with Gasteiger partial charge in [-0.2, -0.15) is 0 Å². The number of carbonyl (C=O) groups is 1.